The number of piperidine rings is 3. The highest BCUT2D eigenvalue weighted by Gasteiger charge is 2.53. The number of methoxy groups -OCH3 is 2. The molecule has 15 nitrogen and oxygen atoms in total. The molecule has 15 heteroatoms. The van der Waals surface area contributed by atoms with Crippen LogP contribution in [0.3, 0.4) is 0 Å². The van der Waals surface area contributed by atoms with Gasteiger partial charge in [-0.1, -0.05) is 34.6 Å². The number of carboxylic acids is 1. The van der Waals surface area contributed by atoms with E-state index in [1.165, 1.54) is 110 Å². The predicted octanol–water partition coefficient (Wildman–Crippen LogP) is 5.09. The molecule has 7 heterocycles. The molecule has 408 valence electrons. The number of hydrogen-bond donors (Lipinski definition) is 4. The van der Waals surface area contributed by atoms with Crippen LogP contribution < -0.4 is 16.4 Å². The van der Waals surface area contributed by atoms with Crippen LogP contribution in [0.15, 0.2) is 0 Å². The van der Waals surface area contributed by atoms with Crippen molar-refractivity contribution in [3.63, 3.8) is 0 Å². The third-order valence-corrected chi connectivity index (χ3v) is 15.9. The number of likely N-dealkylation sites (tertiary alicyclic amines) is 4. The van der Waals surface area contributed by atoms with Crippen molar-refractivity contribution in [3.05, 3.63) is 0 Å². The SMILES string of the molecule is CC(=O)N1CC2C(C)C2C1.CC1CCNCC1.CC1CN(C)C1.CC1CN(C)C1.CN1CCC(C)(C(=O)O)CC1.CN1CCN(CCN)CC1.CNC1COC1.COC1CC(C)C1.COC1CCC1. The van der Waals surface area contributed by atoms with Crippen LogP contribution in [0.2, 0.25) is 0 Å². The van der Waals surface area contributed by atoms with Crippen molar-refractivity contribution in [2.24, 2.45) is 52.6 Å². The van der Waals surface area contributed by atoms with Gasteiger partial charge < -0.3 is 60.2 Å². The number of carboxylic acid groups (broad SMARTS) is 1. The standard InChI is InChI=1S/C8H15NO2.C8H13NO.C7H17N3.C6H13N.C6H12O.2C5H11N.C5H10O.C4H9NO/c1-8(7(10)11)3-5-9(2)6-4-8;1-5-7-3-9(6(2)10)4-8(5)7;1-9-4-6-10(3-2-8)7-5-9;1-6-2-4-7-5-3-6;1-5-3-6(4-5)7-2;2*1-5-3-6(2)4-5;1-6-5-3-2-4-5;1-5-4-2-6-3-4/h3-6H2,1-2H3,(H,10,11);5,7-8H,3-4H2,1-2H3;2-8H2,1H3;6-7H,2-5H2,1H3;5-6H,3-4H2,1-2H3;2*5H,3-4H2,1-2H3;5H,2-4H2,1H3;4-5H,2-3H2,1H3. The second kappa shape index (κ2) is 34.8. The third-order valence-electron chi connectivity index (χ3n) is 15.9. The first-order chi connectivity index (χ1) is 32.7. The Kier molecular flexibility index (Phi) is 32.1. The lowest BCUT2D eigenvalue weighted by molar-refractivity contribution is -0.150. The van der Waals surface area contributed by atoms with Crippen molar-refractivity contribution >= 4 is 11.9 Å². The fraction of sp³-hybridized carbons (Fsp3) is 0.963. The van der Waals surface area contributed by atoms with E-state index in [0.717, 1.165) is 107 Å². The Morgan fingerprint density at radius 1 is 0.696 bits per heavy atom. The number of ether oxygens (including phenoxy) is 3. The molecule has 0 radical (unpaired) electrons. The summed E-state index contributed by atoms with van der Waals surface area (Å²) in [7, 11) is 14.0. The number of rotatable bonds is 6. The molecule has 0 aromatic carbocycles. The van der Waals surface area contributed by atoms with Gasteiger partial charge in [0.1, 0.15) is 0 Å². The molecule has 7 saturated heterocycles. The number of nitrogens with one attached hydrogen (secondary N) is 2. The number of nitrogens with zero attached hydrogens (tertiary/aromatic N) is 6. The average molecular weight is 983 g/mol. The molecule has 10 fully saturated rings. The minimum Gasteiger partial charge on any atom is -0.481 e. The average Bonchev–Trinajstić information content (AvgIpc) is 3.60. The molecular weight excluding hydrogens is 871 g/mol. The molecule has 3 aliphatic carbocycles. The van der Waals surface area contributed by atoms with E-state index in [-0.39, 0.29) is 5.91 Å². The number of carbonyl (C=O) groups is 2. The normalized spacial score (nSPS) is 29.1. The zero-order valence-electron chi connectivity index (χ0n) is 47.1. The van der Waals surface area contributed by atoms with Crippen molar-refractivity contribution in [1.29, 1.82) is 0 Å². The van der Waals surface area contributed by atoms with Crippen LogP contribution in [0.5, 0.6) is 0 Å². The van der Waals surface area contributed by atoms with E-state index in [2.05, 4.69) is 90.9 Å². The summed E-state index contributed by atoms with van der Waals surface area (Å²) in [5.74, 6) is 6.03. The summed E-state index contributed by atoms with van der Waals surface area (Å²) in [4.78, 5) is 35.2. The van der Waals surface area contributed by atoms with Crippen LogP contribution in [0.4, 0.5) is 0 Å². The zero-order chi connectivity index (χ0) is 51.5. The van der Waals surface area contributed by atoms with Gasteiger partial charge in [-0.25, -0.2) is 0 Å². The molecule has 2 atom stereocenters. The van der Waals surface area contributed by atoms with Gasteiger partial charge in [0.05, 0.1) is 36.9 Å². The molecule has 5 N–H and O–H groups in total. The number of fused-ring (bicyclic) bond motifs is 1. The smallest absolute Gasteiger partial charge is 0.309 e. The Morgan fingerprint density at radius 2 is 1.17 bits per heavy atom. The maximum Gasteiger partial charge on any atom is 0.309 e. The first-order valence-corrected chi connectivity index (χ1v) is 27.4. The second-order valence-electron chi connectivity index (χ2n) is 23.0. The highest BCUT2D eigenvalue weighted by atomic mass is 16.5. The van der Waals surface area contributed by atoms with E-state index in [1.807, 2.05) is 25.9 Å². The molecule has 0 aromatic heterocycles. The fourth-order valence-corrected chi connectivity index (χ4v) is 9.68. The highest BCUT2D eigenvalue weighted by molar-refractivity contribution is 5.74. The third kappa shape index (κ3) is 26.9. The van der Waals surface area contributed by atoms with Crippen molar-refractivity contribution in [2.45, 2.75) is 125 Å². The zero-order valence-corrected chi connectivity index (χ0v) is 47.1. The molecule has 0 bridgehead atoms. The van der Waals surface area contributed by atoms with Gasteiger partial charge in [0, 0.05) is 99.7 Å². The summed E-state index contributed by atoms with van der Waals surface area (Å²) >= 11 is 0. The van der Waals surface area contributed by atoms with Gasteiger partial charge >= 0.3 is 5.97 Å². The van der Waals surface area contributed by atoms with Crippen LogP contribution in [0.1, 0.15) is 106 Å². The molecule has 69 heavy (non-hydrogen) atoms. The van der Waals surface area contributed by atoms with E-state index in [4.69, 9.17) is 25.1 Å². The van der Waals surface area contributed by atoms with Crippen LogP contribution in [0, 0.1) is 46.8 Å². The first kappa shape index (κ1) is 63.6. The lowest BCUT2D eigenvalue weighted by atomic mass is 9.81. The number of nitrogens with two attached hydrogens (primary N) is 1. The van der Waals surface area contributed by atoms with Gasteiger partial charge in [0.15, 0.2) is 0 Å². The molecule has 0 aromatic rings. The van der Waals surface area contributed by atoms with Crippen LogP contribution in [-0.4, -0.2) is 232 Å². The predicted molar refractivity (Wildman–Crippen MR) is 286 cm³/mol. The minimum atomic E-state index is -0.648. The van der Waals surface area contributed by atoms with Crippen LogP contribution in [-0.2, 0) is 23.8 Å². The fourth-order valence-electron chi connectivity index (χ4n) is 9.68. The Balaban J connectivity index is 0.000000269. The summed E-state index contributed by atoms with van der Waals surface area (Å²) in [6.45, 7) is 34.9. The summed E-state index contributed by atoms with van der Waals surface area (Å²) in [5.41, 5.74) is 4.97. The van der Waals surface area contributed by atoms with E-state index in [0.29, 0.717) is 18.2 Å². The molecule has 0 spiro atoms. The number of hydrogen-bond acceptors (Lipinski definition) is 13. The molecule has 7 aliphatic heterocycles. The second-order valence-corrected chi connectivity index (χ2v) is 23.0. The molecule has 10 aliphatic rings. The quantitative estimate of drug-likeness (QED) is 0.280. The molecule has 3 saturated carbocycles. The molecule has 2 unspecified atom stereocenters. The van der Waals surface area contributed by atoms with Gasteiger partial charge in [-0.15, -0.1) is 0 Å². The summed E-state index contributed by atoms with van der Waals surface area (Å²) in [5, 5.41) is 15.3. The Bertz CT molecular complexity index is 1240. The maximum absolute atomic E-state index is 10.8. The van der Waals surface area contributed by atoms with E-state index < -0.39 is 11.4 Å². The summed E-state index contributed by atoms with van der Waals surface area (Å²) in [6.07, 6.45) is 12.0. The highest BCUT2D eigenvalue weighted by Crippen LogP contribution is 2.51. The van der Waals surface area contributed by atoms with Gasteiger partial charge in [-0.2, -0.15) is 0 Å². The Morgan fingerprint density at radius 3 is 1.41 bits per heavy atom. The van der Waals surface area contributed by atoms with Gasteiger partial charge in [-0.3, -0.25) is 14.5 Å². The summed E-state index contributed by atoms with van der Waals surface area (Å²) in [6, 6.07) is 0.644. The van der Waals surface area contributed by atoms with Crippen molar-refractivity contribution in [1.82, 2.24) is 40.0 Å². The number of amides is 1. The van der Waals surface area contributed by atoms with E-state index >= 15 is 0 Å². The lowest BCUT2D eigenvalue weighted by Crippen LogP contribution is -2.45. The molecular formula is C54H111N9O6. The number of likely N-dealkylation sites (N-methyl/N-ethyl adjacent to an activating group) is 2. The molecule has 10 rings (SSSR count). The van der Waals surface area contributed by atoms with Crippen molar-refractivity contribution in [3.8, 4) is 0 Å². The summed E-state index contributed by atoms with van der Waals surface area (Å²) < 4.78 is 14.9. The minimum absolute atomic E-state index is 0.249. The largest absolute Gasteiger partial charge is 0.481 e. The Labute approximate surface area is 424 Å². The number of piperazine rings is 1. The first-order valence-electron chi connectivity index (χ1n) is 27.4. The lowest BCUT2D eigenvalue weighted by Gasteiger charge is -2.34. The van der Waals surface area contributed by atoms with Gasteiger partial charge in [0.25, 0.3) is 0 Å². The van der Waals surface area contributed by atoms with Gasteiger partial charge in [-0.05, 0) is 168 Å². The molecule has 1 amide bonds. The van der Waals surface area contributed by atoms with Gasteiger partial charge in [0.2, 0.25) is 5.91 Å². The Hall–Kier alpha value is -1.50. The monoisotopic (exact) mass is 982 g/mol. The van der Waals surface area contributed by atoms with Crippen molar-refractivity contribution in [2.75, 3.05) is 167 Å². The van der Waals surface area contributed by atoms with Crippen molar-refractivity contribution < 1.29 is 28.9 Å². The number of carbonyl (C=O) groups excluding carboxylic acids is 1. The van der Waals surface area contributed by atoms with Crippen LogP contribution >= 0.6 is 0 Å². The number of aliphatic carboxylic acids is 1. The van der Waals surface area contributed by atoms with E-state index in [9.17, 15) is 9.59 Å². The van der Waals surface area contributed by atoms with E-state index in [1.54, 1.807) is 21.1 Å². The van der Waals surface area contributed by atoms with Crippen LogP contribution in [0.25, 0.3) is 0 Å². The maximum atomic E-state index is 10.8. The topological polar surface area (TPSA) is 152 Å².